The molecule has 1 unspecified atom stereocenters. The second-order valence-electron chi connectivity index (χ2n) is 4.50. The number of hydrogen-bond donors (Lipinski definition) is 1. The minimum absolute atomic E-state index is 0.348. The Morgan fingerprint density at radius 2 is 2.14 bits per heavy atom. The molecule has 0 bridgehead atoms. The van der Waals surface area contributed by atoms with Crippen LogP contribution in [0.2, 0.25) is 0 Å². The van der Waals surface area contributed by atoms with Crippen LogP contribution in [0, 0.1) is 0 Å². The number of aryl methyl sites for hydroxylation is 1. The zero-order valence-electron chi connectivity index (χ0n) is 9.35. The van der Waals surface area contributed by atoms with E-state index in [1.54, 1.807) is 0 Å². The van der Waals surface area contributed by atoms with E-state index >= 15 is 0 Å². The molecule has 1 aliphatic rings. The van der Waals surface area contributed by atoms with E-state index in [0.717, 1.165) is 13.0 Å². The van der Waals surface area contributed by atoms with Crippen LogP contribution in [0.5, 0.6) is 0 Å². The van der Waals surface area contributed by atoms with Gasteiger partial charge in [-0.15, -0.1) is 0 Å². The molecule has 0 saturated carbocycles. The second kappa shape index (κ2) is 3.30. The topological polar surface area (TPSA) is 12.0 Å². The Morgan fingerprint density at radius 3 is 2.79 bits per heavy atom. The van der Waals surface area contributed by atoms with E-state index in [1.807, 2.05) is 0 Å². The van der Waals surface area contributed by atoms with Crippen LogP contribution < -0.4 is 5.32 Å². The zero-order valence-corrected chi connectivity index (χ0v) is 9.35. The van der Waals surface area contributed by atoms with Gasteiger partial charge >= 0.3 is 0 Å². The van der Waals surface area contributed by atoms with E-state index < -0.39 is 0 Å². The number of fused-ring (bicyclic) bond motifs is 1. The maximum Gasteiger partial charge on any atom is 0.0379 e. The quantitative estimate of drug-likeness (QED) is 0.752. The smallest absolute Gasteiger partial charge is 0.0379 e. The Morgan fingerprint density at radius 1 is 1.36 bits per heavy atom. The lowest BCUT2D eigenvalue weighted by atomic mass is 9.81. The van der Waals surface area contributed by atoms with Crippen molar-refractivity contribution in [2.45, 2.75) is 39.0 Å². The Hall–Kier alpha value is -0.980. The van der Waals surface area contributed by atoms with Crippen molar-refractivity contribution < 1.29 is 0 Å². The van der Waals surface area contributed by atoms with E-state index in [1.165, 1.54) is 23.2 Å². The molecule has 0 amide bonds. The van der Waals surface area contributed by atoms with Crippen molar-refractivity contribution in [1.29, 1.82) is 0 Å². The van der Waals surface area contributed by atoms with Gasteiger partial charge in [0.1, 0.15) is 0 Å². The van der Waals surface area contributed by atoms with Crippen molar-refractivity contribution >= 4 is 5.69 Å². The van der Waals surface area contributed by atoms with Gasteiger partial charge in [-0.1, -0.05) is 32.9 Å². The summed E-state index contributed by atoms with van der Waals surface area (Å²) < 4.78 is 0. The predicted molar refractivity (Wildman–Crippen MR) is 62.0 cm³/mol. The normalized spacial score (nSPS) is 24.5. The first kappa shape index (κ1) is 9.57. The molecule has 0 aromatic heterocycles. The van der Waals surface area contributed by atoms with Crippen molar-refractivity contribution in [3.63, 3.8) is 0 Å². The Labute approximate surface area is 86.5 Å². The van der Waals surface area contributed by atoms with Gasteiger partial charge in [-0.25, -0.2) is 0 Å². The first-order chi connectivity index (χ1) is 6.69. The molecule has 1 aromatic rings. The van der Waals surface area contributed by atoms with E-state index in [0.29, 0.717) is 5.41 Å². The summed E-state index contributed by atoms with van der Waals surface area (Å²) in [6.07, 6.45) is 2.34. The van der Waals surface area contributed by atoms with Crippen molar-refractivity contribution in [1.82, 2.24) is 0 Å². The van der Waals surface area contributed by atoms with Crippen molar-refractivity contribution in [3.05, 3.63) is 29.3 Å². The fraction of sp³-hybridized carbons (Fsp3) is 0.538. The van der Waals surface area contributed by atoms with Gasteiger partial charge in [-0.2, -0.15) is 0 Å². The summed E-state index contributed by atoms with van der Waals surface area (Å²) in [5, 5.41) is 3.49. The highest BCUT2D eigenvalue weighted by atomic mass is 14.9. The fourth-order valence-electron chi connectivity index (χ4n) is 2.17. The molecule has 2 rings (SSSR count). The van der Waals surface area contributed by atoms with Crippen LogP contribution in [-0.2, 0) is 11.8 Å². The molecule has 1 heterocycles. The monoisotopic (exact) mass is 189 g/mol. The summed E-state index contributed by atoms with van der Waals surface area (Å²) in [7, 11) is 0. The maximum absolute atomic E-state index is 3.49. The van der Waals surface area contributed by atoms with E-state index in [2.05, 4.69) is 44.3 Å². The largest absolute Gasteiger partial charge is 0.384 e. The first-order valence-electron chi connectivity index (χ1n) is 5.57. The molecular weight excluding hydrogens is 170 g/mol. The molecule has 14 heavy (non-hydrogen) atoms. The molecule has 0 aliphatic carbocycles. The number of nitrogens with one attached hydrogen (secondary N) is 1. The van der Waals surface area contributed by atoms with E-state index in [4.69, 9.17) is 0 Å². The first-order valence-corrected chi connectivity index (χ1v) is 5.57. The second-order valence-corrected chi connectivity index (χ2v) is 4.50. The summed E-state index contributed by atoms with van der Waals surface area (Å²) >= 11 is 0. The summed E-state index contributed by atoms with van der Waals surface area (Å²) in [6, 6.07) is 6.83. The van der Waals surface area contributed by atoms with Crippen molar-refractivity contribution in [2.24, 2.45) is 0 Å². The summed E-state index contributed by atoms with van der Waals surface area (Å²) in [5.41, 5.74) is 4.65. The summed E-state index contributed by atoms with van der Waals surface area (Å²) in [6.45, 7) is 7.93. The van der Waals surface area contributed by atoms with Gasteiger partial charge < -0.3 is 5.32 Å². The molecule has 0 saturated heterocycles. The average molecular weight is 189 g/mol. The van der Waals surface area contributed by atoms with Crippen LogP contribution in [0.3, 0.4) is 0 Å². The van der Waals surface area contributed by atoms with Crippen LogP contribution in [0.4, 0.5) is 5.69 Å². The molecule has 1 aliphatic heterocycles. The average Bonchev–Trinajstić information content (AvgIpc) is 2.57. The molecule has 0 fully saturated rings. The third-order valence-electron chi connectivity index (χ3n) is 3.59. The lowest BCUT2D eigenvalue weighted by Gasteiger charge is -2.22. The molecular formula is C13H19N. The van der Waals surface area contributed by atoms with Crippen LogP contribution in [0.15, 0.2) is 18.2 Å². The standard InChI is InChI=1S/C13H19N/c1-4-10-6-7-12-11(8-10)13(3,5-2)9-14-12/h6-8,14H,4-5,9H2,1-3H3. The highest BCUT2D eigenvalue weighted by Crippen LogP contribution is 2.39. The highest BCUT2D eigenvalue weighted by Gasteiger charge is 2.32. The summed E-state index contributed by atoms with van der Waals surface area (Å²) in [5.74, 6) is 0. The molecule has 1 nitrogen and oxygen atoms in total. The minimum atomic E-state index is 0.348. The Balaban J connectivity index is 2.47. The van der Waals surface area contributed by atoms with E-state index in [9.17, 15) is 0 Å². The number of rotatable bonds is 2. The third-order valence-corrected chi connectivity index (χ3v) is 3.59. The van der Waals surface area contributed by atoms with Crippen LogP contribution >= 0.6 is 0 Å². The SMILES string of the molecule is CCc1ccc2c(c1)C(C)(CC)CN2. The van der Waals surface area contributed by atoms with Crippen molar-refractivity contribution in [3.8, 4) is 0 Å². The van der Waals surface area contributed by atoms with Crippen LogP contribution in [0.25, 0.3) is 0 Å². The molecule has 1 atom stereocenters. The number of benzene rings is 1. The van der Waals surface area contributed by atoms with Crippen LogP contribution in [-0.4, -0.2) is 6.54 Å². The Bertz CT molecular complexity index is 343. The van der Waals surface area contributed by atoms with Crippen molar-refractivity contribution in [2.75, 3.05) is 11.9 Å². The van der Waals surface area contributed by atoms with Gasteiger partial charge in [0.25, 0.3) is 0 Å². The highest BCUT2D eigenvalue weighted by molar-refractivity contribution is 5.61. The third kappa shape index (κ3) is 1.31. The molecule has 1 aromatic carbocycles. The van der Waals surface area contributed by atoms with Gasteiger partial charge in [0, 0.05) is 17.6 Å². The van der Waals surface area contributed by atoms with Gasteiger partial charge in [0.05, 0.1) is 0 Å². The molecule has 1 N–H and O–H groups in total. The fourth-order valence-corrected chi connectivity index (χ4v) is 2.17. The molecule has 1 heteroatoms. The predicted octanol–water partition coefficient (Wildman–Crippen LogP) is 3.34. The number of anilines is 1. The van der Waals surface area contributed by atoms with Gasteiger partial charge in [-0.05, 0) is 30.0 Å². The Kier molecular flexibility index (Phi) is 2.26. The lowest BCUT2D eigenvalue weighted by molar-refractivity contribution is 0.503. The minimum Gasteiger partial charge on any atom is -0.384 e. The van der Waals surface area contributed by atoms with E-state index in [-0.39, 0.29) is 0 Å². The maximum atomic E-state index is 3.49. The van der Waals surface area contributed by atoms with Gasteiger partial charge in [0.15, 0.2) is 0 Å². The molecule has 0 spiro atoms. The van der Waals surface area contributed by atoms with Gasteiger partial charge in [-0.3, -0.25) is 0 Å². The lowest BCUT2D eigenvalue weighted by Crippen LogP contribution is -2.22. The molecule has 0 radical (unpaired) electrons. The number of hydrogen-bond acceptors (Lipinski definition) is 1. The zero-order chi connectivity index (χ0) is 10.2. The molecule has 76 valence electrons. The van der Waals surface area contributed by atoms with Gasteiger partial charge in [0.2, 0.25) is 0 Å². The summed E-state index contributed by atoms with van der Waals surface area (Å²) in [4.78, 5) is 0. The van der Waals surface area contributed by atoms with Crippen LogP contribution in [0.1, 0.15) is 38.3 Å².